The largest absolute Gasteiger partial charge is 0.460 e. The number of nitrogen functional groups attached to an aromatic ring is 1. The lowest BCUT2D eigenvalue weighted by atomic mass is 10.1. The van der Waals surface area contributed by atoms with E-state index < -0.39 is 0 Å². The summed E-state index contributed by atoms with van der Waals surface area (Å²) in [5.74, 6) is -0.327. The third-order valence-electron chi connectivity index (χ3n) is 2.57. The molecule has 1 rings (SSSR count). The standard InChI is InChI=1S/C14H21NO3/c1-3-4-7-17-8-9-18-14(16)13-6-5-12(15)10-11(13)2/h5-6,10H,3-4,7-9,15H2,1-2H3. The normalized spacial score (nSPS) is 10.3. The summed E-state index contributed by atoms with van der Waals surface area (Å²) in [5, 5.41) is 0. The van der Waals surface area contributed by atoms with E-state index in [9.17, 15) is 4.79 Å². The fourth-order valence-corrected chi connectivity index (χ4v) is 1.54. The second-order valence-electron chi connectivity index (χ2n) is 4.18. The third-order valence-corrected chi connectivity index (χ3v) is 2.57. The van der Waals surface area contributed by atoms with Crippen LogP contribution in [0, 0.1) is 6.92 Å². The van der Waals surface area contributed by atoms with Gasteiger partial charge in [-0.15, -0.1) is 0 Å². The quantitative estimate of drug-likeness (QED) is 0.459. The van der Waals surface area contributed by atoms with Gasteiger partial charge in [0, 0.05) is 12.3 Å². The molecule has 1 aromatic carbocycles. The summed E-state index contributed by atoms with van der Waals surface area (Å²) in [5.41, 5.74) is 7.65. The average molecular weight is 251 g/mol. The van der Waals surface area contributed by atoms with Crippen molar-refractivity contribution >= 4 is 11.7 Å². The molecule has 0 saturated heterocycles. The summed E-state index contributed by atoms with van der Waals surface area (Å²) in [4.78, 5) is 11.7. The smallest absolute Gasteiger partial charge is 0.338 e. The molecule has 0 aliphatic rings. The maximum absolute atomic E-state index is 11.7. The molecule has 0 fully saturated rings. The van der Waals surface area contributed by atoms with Crippen LogP contribution in [-0.2, 0) is 9.47 Å². The molecule has 0 radical (unpaired) electrons. The monoisotopic (exact) mass is 251 g/mol. The molecule has 0 saturated carbocycles. The lowest BCUT2D eigenvalue weighted by Crippen LogP contribution is -2.12. The van der Waals surface area contributed by atoms with Crippen LogP contribution in [0.25, 0.3) is 0 Å². The SMILES string of the molecule is CCCCOCCOC(=O)c1ccc(N)cc1C. The van der Waals surface area contributed by atoms with E-state index in [1.807, 2.05) is 6.92 Å². The van der Waals surface area contributed by atoms with Gasteiger partial charge in [-0.3, -0.25) is 0 Å². The molecule has 2 N–H and O–H groups in total. The molecular weight excluding hydrogens is 230 g/mol. The number of unbranched alkanes of at least 4 members (excludes halogenated alkanes) is 1. The predicted molar refractivity (Wildman–Crippen MR) is 71.6 cm³/mol. The number of ether oxygens (including phenoxy) is 2. The fraction of sp³-hybridized carbons (Fsp3) is 0.500. The van der Waals surface area contributed by atoms with E-state index in [0.717, 1.165) is 25.0 Å². The number of anilines is 1. The number of hydrogen-bond acceptors (Lipinski definition) is 4. The van der Waals surface area contributed by atoms with E-state index >= 15 is 0 Å². The Balaban J connectivity index is 2.32. The van der Waals surface area contributed by atoms with Crippen molar-refractivity contribution in [3.63, 3.8) is 0 Å². The Morgan fingerprint density at radius 3 is 2.72 bits per heavy atom. The molecule has 18 heavy (non-hydrogen) atoms. The zero-order chi connectivity index (χ0) is 13.4. The summed E-state index contributed by atoms with van der Waals surface area (Å²) in [6.45, 7) is 5.39. The minimum Gasteiger partial charge on any atom is -0.460 e. The van der Waals surface area contributed by atoms with E-state index in [4.69, 9.17) is 15.2 Å². The van der Waals surface area contributed by atoms with Crippen molar-refractivity contribution in [2.24, 2.45) is 0 Å². The molecule has 0 heterocycles. The molecule has 0 spiro atoms. The van der Waals surface area contributed by atoms with Crippen LogP contribution in [0.5, 0.6) is 0 Å². The third kappa shape index (κ3) is 4.75. The number of nitrogens with two attached hydrogens (primary N) is 1. The first-order valence-corrected chi connectivity index (χ1v) is 6.26. The van der Waals surface area contributed by atoms with Crippen molar-refractivity contribution in [2.45, 2.75) is 26.7 Å². The highest BCUT2D eigenvalue weighted by molar-refractivity contribution is 5.91. The van der Waals surface area contributed by atoms with Crippen LogP contribution in [0.4, 0.5) is 5.69 Å². The summed E-state index contributed by atoms with van der Waals surface area (Å²) >= 11 is 0. The van der Waals surface area contributed by atoms with Crippen molar-refractivity contribution < 1.29 is 14.3 Å². The first-order chi connectivity index (χ1) is 8.65. The second-order valence-corrected chi connectivity index (χ2v) is 4.18. The topological polar surface area (TPSA) is 61.5 Å². The molecule has 0 aliphatic carbocycles. The van der Waals surface area contributed by atoms with Crippen LogP contribution in [-0.4, -0.2) is 25.8 Å². The Morgan fingerprint density at radius 1 is 1.28 bits per heavy atom. The number of carbonyl (C=O) groups excluding carboxylic acids is 1. The predicted octanol–water partition coefficient (Wildman–Crippen LogP) is 2.55. The maximum Gasteiger partial charge on any atom is 0.338 e. The van der Waals surface area contributed by atoms with Crippen molar-refractivity contribution in [2.75, 3.05) is 25.6 Å². The molecule has 0 unspecified atom stereocenters. The number of esters is 1. The van der Waals surface area contributed by atoms with Gasteiger partial charge in [0.2, 0.25) is 0 Å². The van der Waals surface area contributed by atoms with Crippen molar-refractivity contribution in [1.82, 2.24) is 0 Å². The zero-order valence-electron chi connectivity index (χ0n) is 11.1. The van der Waals surface area contributed by atoms with Crippen molar-refractivity contribution in [1.29, 1.82) is 0 Å². The van der Waals surface area contributed by atoms with Crippen molar-refractivity contribution in [3.8, 4) is 0 Å². The second kappa shape index (κ2) is 7.71. The maximum atomic E-state index is 11.7. The molecule has 0 atom stereocenters. The summed E-state index contributed by atoms with van der Waals surface area (Å²) in [6.07, 6.45) is 2.13. The molecule has 0 amide bonds. The van der Waals surface area contributed by atoms with Crippen molar-refractivity contribution in [3.05, 3.63) is 29.3 Å². The highest BCUT2D eigenvalue weighted by Gasteiger charge is 2.10. The Hall–Kier alpha value is -1.55. The summed E-state index contributed by atoms with van der Waals surface area (Å²) in [6, 6.07) is 5.14. The van der Waals surface area contributed by atoms with Gasteiger partial charge >= 0.3 is 5.97 Å². The van der Waals surface area contributed by atoms with Crippen LogP contribution in [0.2, 0.25) is 0 Å². The highest BCUT2D eigenvalue weighted by Crippen LogP contribution is 2.13. The molecular formula is C14H21NO3. The lowest BCUT2D eigenvalue weighted by molar-refractivity contribution is 0.0313. The molecule has 1 aromatic rings. The van der Waals surface area contributed by atoms with E-state index in [1.165, 1.54) is 0 Å². The first-order valence-electron chi connectivity index (χ1n) is 6.26. The number of rotatable bonds is 7. The molecule has 0 bridgehead atoms. The minimum absolute atomic E-state index is 0.284. The van der Waals surface area contributed by atoms with E-state index in [2.05, 4.69) is 6.92 Å². The Kier molecular flexibility index (Phi) is 6.22. The zero-order valence-corrected chi connectivity index (χ0v) is 11.1. The van der Waals surface area contributed by atoms with Gasteiger partial charge in [0.15, 0.2) is 0 Å². The van der Waals surface area contributed by atoms with Gasteiger partial charge in [-0.1, -0.05) is 13.3 Å². The van der Waals surface area contributed by atoms with E-state index in [0.29, 0.717) is 17.9 Å². The van der Waals surface area contributed by atoms with Crippen LogP contribution in [0.3, 0.4) is 0 Å². The average Bonchev–Trinajstić information content (AvgIpc) is 2.33. The number of carbonyl (C=O) groups is 1. The minimum atomic E-state index is -0.327. The molecule has 4 nitrogen and oxygen atoms in total. The number of aryl methyl sites for hydroxylation is 1. The number of benzene rings is 1. The van der Waals surface area contributed by atoms with Gasteiger partial charge in [0.25, 0.3) is 0 Å². The Labute approximate surface area is 108 Å². The van der Waals surface area contributed by atoms with Gasteiger partial charge in [0.1, 0.15) is 6.61 Å². The van der Waals surface area contributed by atoms with E-state index in [1.54, 1.807) is 18.2 Å². The lowest BCUT2D eigenvalue weighted by Gasteiger charge is -2.08. The summed E-state index contributed by atoms with van der Waals surface area (Å²) in [7, 11) is 0. The van der Waals surface area contributed by atoms with Gasteiger partial charge in [-0.05, 0) is 37.1 Å². The van der Waals surface area contributed by atoms with E-state index in [-0.39, 0.29) is 12.6 Å². The summed E-state index contributed by atoms with van der Waals surface area (Å²) < 4.78 is 10.4. The van der Waals surface area contributed by atoms with Crippen LogP contribution < -0.4 is 5.73 Å². The van der Waals surface area contributed by atoms with Gasteiger partial charge in [0.05, 0.1) is 12.2 Å². The first kappa shape index (κ1) is 14.5. The molecule has 0 aromatic heterocycles. The van der Waals surface area contributed by atoms with Gasteiger partial charge in [-0.25, -0.2) is 4.79 Å². The Bertz CT molecular complexity index is 391. The molecule has 4 heteroatoms. The van der Waals surface area contributed by atoms with Gasteiger partial charge in [-0.2, -0.15) is 0 Å². The van der Waals surface area contributed by atoms with Crippen LogP contribution in [0.1, 0.15) is 35.7 Å². The molecule has 0 aliphatic heterocycles. The number of hydrogen-bond donors (Lipinski definition) is 1. The van der Waals surface area contributed by atoms with Gasteiger partial charge < -0.3 is 15.2 Å². The molecule has 100 valence electrons. The Morgan fingerprint density at radius 2 is 2.06 bits per heavy atom. The highest BCUT2D eigenvalue weighted by atomic mass is 16.6. The fourth-order valence-electron chi connectivity index (χ4n) is 1.54. The van der Waals surface area contributed by atoms with Crippen LogP contribution >= 0.6 is 0 Å². The van der Waals surface area contributed by atoms with Crippen LogP contribution in [0.15, 0.2) is 18.2 Å².